The molecule has 0 aliphatic rings. The zero-order valence-corrected chi connectivity index (χ0v) is 10.4. The quantitative estimate of drug-likeness (QED) is 0.740. The van der Waals surface area contributed by atoms with Crippen LogP contribution in [0.4, 0.5) is 0 Å². The van der Waals surface area contributed by atoms with E-state index in [-0.39, 0.29) is 5.91 Å². The van der Waals surface area contributed by atoms with E-state index in [2.05, 4.69) is 18.9 Å². The molecule has 0 bridgehead atoms. The fourth-order valence-electron chi connectivity index (χ4n) is 1.63. The van der Waals surface area contributed by atoms with Crippen molar-refractivity contribution in [3.63, 3.8) is 0 Å². The van der Waals surface area contributed by atoms with Gasteiger partial charge in [-0.2, -0.15) is 5.10 Å². The van der Waals surface area contributed by atoms with Crippen molar-refractivity contribution in [1.29, 1.82) is 0 Å². The summed E-state index contributed by atoms with van der Waals surface area (Å²) >= 11 is 0. The van der Waals surface area contributed by atoms with E-state index in [4.69, 9.17) is 0 Å². The highest BCUT2D eigenvalue weighted by molar-refractivity contribution is 5.75. The topological polar surface area (TPSA) is 38.1 Å². The third-order valence-electron chi connectivity index (χ3n) is 2.67. The Morgan fingerprint density at radius 1 is 1.50 bits per heavy atom. The number of unbranched alkanes of at least 4 members (excludes halogenated alkanes) is 1. The number of hydrogen-bond donors (Lipinski definition) is 0. The van der Waals surface area contributed by atoms with Gasteiger partial charge < -0.3 is 4.90 Å². The van der Waals surface area contributed by atoms with E-state index in [1.54, 1.807) is 11.1 Å². The van der Waals surface area contributed by atoms with E-state index >= 15 is 0 Å². The molecule has 90 valence electrons. The highest BCUT2D eigenvalue weighted by Gasteiger charge is 2.10. The van der Waals surface area contributed by atoms with E-state index in [1.165, 1.54) is 0 Å². The number of amides is 1. The second-order valence-electron chi connectivity index (χ2n) is 3.99. The molecule has 1 rings (SSSR count). The van der Waals surface area contributed by atoms with E-state index in [9.17, 15) is 4.79 Å². The van der Waals surface area contributed by atoms with E-state index in [0.717, 1.165) is 25.1 Å². The van der Waals surface area contributed by atoms with Gasteiger partial charge in [0.15, 0.2) is 0 Å². The van der Waals surface area contributed by atoms with Crippen molar-refractivity contribution in [3.05, 3.63) is 18.0 Å². The monoisotopic (exact) mass is 223 g/mol. The molecular formula is C12H21N3O. The lowest BCUT2D eigenvalue weighted by Crippen LogP contribution is -2.27. The Hall–Kier alpha value is -1.32. The largest absolute Gasteiger partial charge is 0.340 e. The van der Waals surface area contributed by atoms with Gasteiger partial charge in [0.1, 0.15) is 0 Å². The number of hydrogen-bond acceptors (Lipinski definition) is 2. The van der Waals surface area contributed by atoms with Crippen molar-refractivity contribution in [2.45, 2.75) is 46.2 Å². The van der Waals surface area contributed by atoms with Gasteiger partial charge in [-0.15, -0.1) is 0 Å². The van der Waals surface area contributed by atoms with Crippen LogP contribution in [0.15, 0.2) is 12.3 Å². The van der Waals surface area contributed by atoms with Crippen LogP contribution in [-0.2, 0) is 17.9 Å². The lowest BCUT2D eigenvalue weighted by Gasteiger charge is -2.17. The molecule has 0 atom stereocenters. The fraction of sp³-hybridized carbons (Fsp3) is 0.667. The van der Waals surface area contributed by atoms with Gasteiger partial charge in [-0.1, -0.05) is 13.3 Å². The molecule has 4 heteroatoms. The van der Waals surface area contributed by atoms with Crippen molar-refractivity contribution in [2.24, 2.45) is 0 Å². The molecule has 0 saturated heterocycles. The molecule has 4 nitrogen and oxygen atoms in total. The van der Waals surface area contributed by atoms with Crippen LogP contribution >= 0.6 is 0 Å². The second-order valence-corrected chi connectivity index (χ2v) is 3.99. The molecule has 0 N–H and O–H groups in total. The van der Waals surface area contributed by atoms with Gasteiger partial charge >= 0.3 is 0 Å². The molecular weight excluding hydrogens is 202 g/mol. The number of aryl methyl sites for hydroxylation is 1. The SMILES string of the molecule is CCCCC(=O)N(C)Cc1ccnn1CC. The highest BCUT2D eigenvalue weighted by atomic mass is 16.2. The Bertz CT molecular complexity index is 333. The number of aromatic nitrogens is 2. The highest BCUT2D eigenvalue weighted by Crippen LogP contribution is 2.06. The Morgan fingerprint density at radius 2 is 2.25 bits per heavy atom. The molecule has 1 heterocycles. The smallest absolute Gasteiger partial charge is 0.222 e. The van der Waals surface area contributed by atoms with Crippen LogP contribution in [0.25, 0.3) is 0 Å². The molecule has 0 aliphatic carbocycles. The molecule has 0 fully saturated rings. The molecule has 16 heavy (non-hydrogen) atoms. The zero-order chi connectivity index (χ0) is 12.0. The van der Waals surface area contributed by atoms with Gasteiger partial charge in [0.25, 0.3) is 0 Å². The number of carbonyl (C=O) groups excluding carboxylic acids is 1. The van der Waals surface area contributed by atoms with Crippen LogP contribution < -0.4 is 0 Å². The summed E-state index contributed by atoms with van der Waals surface area (Å²) in [5.74, 6) is 0.214. The molecule has 1 aromatic rings. The first-order chi connectivity index (χ1) is 7.69. The van der Waals surface area contributed by atoms with Crippen LogP contribution in [0.1, 0.15) is 38.8 Å². The molecule has 0 unspecified atom stereocenters. The van der Waals surface area contributed by atoms with Crippen LogP contribution in [-0.4, -0.2) is 27.6 Å². The summed E-state index contributed by atoms with van der Waals surface area (Å²) in [4.78, 5) is 13.5. The lowest BCUT2D eigenvalue weighted by atomic mass is 10.2. The van der Waals surface area contributed by atoms with E-state index in [0.29, 0.717) is 13.0 Å². The first-order valence-electron chi connectivity index (χ1n) is 5.93. The molecule has 0 radical (unpaired) electrons. The standard InChI is InChI=1S/C12H21N3O/c1-4-6-7-12(16)14(3)10-11-8-9-13-15(11)5-2/h8-9H,4-7,10H2,1-3H3. The minimum Gasteiger partial charge on any atom is -0.340 e. The van der Waals surface area contributed by atoms with Gasteiger partial charge in [-0.05, 0) is 19.4 Å². The maximum atomic E-state index is 11.7. The Balaban J connectivity index is 2.50. The summed E-state index contributed by atoms with van der Waals surface area (Å²) in [7, 11) is 1.85. The Labute approximate surface area is 97.2 Å². The summed E-state index contributed by atoms with van der Waals surface area (Å²) in [5.41, 5.74) is 1.09. The first-order valence-corrected chi connectivity index (χ1v) is 5.93. The Morgan fingerprint density at radius 3 is 2.88 bits per heavy atom. The predicted octanol–water partition coefficient (Wildman–Crippen LogP) is 2.05. The predicted molar refractivity (Wildman–Crippen MR) is 63.9 cm³/mol. The zero-order valence-electron chi connectivity index (χ0n) is 10.4. The maximum absolute atomic E-state index is 11.7. The minimum absolute atomic E-state index is 0.214. The number of rotatable bonds is 6. The molecule has 0 aromatic carbocycles. The average Bonchev–Trinajstić information content (AvgIpc) is 2.72. The summed E-state index contributed by atoms with van der Waals surface area (Å²) in [6.07, 6.45) is 4.46. The van der Waals surface area contributed by atoms with Crippen molar-refractivity contribution in [2.75, 3.05) is 7.05 Å². The minimum atomic E-state index is 0.214. The van der Waals surface area contributed by atoms with Crippen molar-refractivity contribution in [1.82, 2.24) is 14.7 Å². The second kappa shape index (κ2) is 6.30. The Kier molecular flexibility index (Phi) is 5.02. The normalized spacial score (nSPS) is 10.4. The summed E-state index contributed by atoms with van der Waals surface area (Å²) in [6.45, 7) is 5.64. The van der Waals surface area contributed by atoms with Crippen molar-refractivity contribution >= 4 is 5.91 Å². The molecule has 0 aliphatic heterocycles. The van der Waals surface area contributed by atoms with Crippen LogP contribution in [0.2, 0.25) is 0 Å². The van der Waals surface area contributed by atoms with Crippen LogP contribution in [0, 0.1) is 0 Å². The van der Waals surface area contributed by atoms with Gasteiger partial charge in [-0.3, -0.25) is 9.48 Å². The maximum Gasteiger partial charge on any atom is 0.222 e. The third kappa shape index (κ3) is 3.36. The summed E-state index contributed by atoms with van der Waals surface area (Å²) < 4.78 is 1.92. The number of nitrogens with zero attached hydrogens (tertiary/aromatic N) is 3. The molecule has 1 aromatic heterocycles. The van der Waals surface area contributed by atoms with Crippen molar-refractivity contribution < 1.29 is 4.79 Å². The average molecular weight is 223 g/mol. The number of carbonyl (C=O) groups is 1. The molecule has 0 saturated carbocycles. The van der Waals surface area contributed by atoms with Gasteiger partial charge in [-0.25, -0.2) is 0 Å². The van der Waals surface area contributed by atoms with Crippen LogP contribution in [0.3, 0.4) is 0 Å². The van der Waals surface area contributed by atoms with Gasteiger partial charge in [0.05, 0.1) is 12.2 Å². The van der Waals surface area contributed by atoms with E-state index < -0.39 is 0 Å². The summed E-state index contributed by atoms with van der Waals surface area (Å²) in [5, 5.41) is 4.19. The fourth-order valence-corrected chi connectivity index (χ4v) is 1.63. The van der Waals surface area contributed by atoms with Crippen LogP contribution in [0.5, 0.6) is 0 Å². The van der Waals surface area contributed by atoms with Gasteiger partial charge in [0, 0.05) is 26.2 Å². The third-order valence-corrected chi connectivity index (χ3v) is 2.67. The first kappa shape index (κ1) is 12.7. The van der Waals surface area contributed by atoms with Gasteiger partial charge in [0.2, 0.25) is 5.91 Å². The lowest BCUT2D eigenvalue weighted by molar-refractivity contribution is -0.130. The van der Waals surface area contributed by atoms with Crippen molar-refractivity contribution in [3.8, 4) is 0 Å². The summed E-state index contributed by atoms with van der Waals surface area (Å²) in [6, 6.07) is 1.97. The molecule has 1 amide bonds. The molecule has 0 spiro atoms. The van der Waals surface area contributed by atoms with E-state index in [1.807, 2.05) is 17.8 Å².